The van der Waals surface area contributed by atoms with Crippen LogP contribution < -0.4 is 4.90 Å². The lowest BCUT2D eigenvalue weighted by Gasteiger charge is -2.12. The Labute approximate surface area is 85.2 Å². The van der Waals surface area contributed by atoms with Gasteiger partial charge in [-0.25, -0.2) is 9.97 Å². The van der Waals surface area contributed by atoms with Crippen molar-refractivity contribution < 1.29 is 0 Å². The van der Waals surface area contributed by atoms with Gasteiger partial charge in [-0.3, -0.25) is 0 Å². The van der Waals surface area contributed by atoms with Crippen molar-refractivity contribution in [2.75, 3.05) is 19.0 Å². The van der Waals surface area contributed by atoms with Crippen LogP contribution in [0, 0.1) is 0 Å². The highest BCUT2D eigenvalue weighted by Crippen LogP contribution is 2.33. The molecule has 0 atom stereocenters. The Balaban J connectivity index is 2.12. The molecule has 3 nitrogen and oxygen atoms in total. The lowest BCUT2D eigenvalue weighted by atomic mass is 10.0. The van der Waals surface area contributed by atoms with Gasteiger partial charge >= 0.3 is 0 Å². The Hall–Kier alpha value is -1.12. The quantitative estimate of drug-likeness (QED) is 0.717. The van der Waals surface area contributed by atoms with Gasteiger partial charge in [-0.2, -0.15) is 0 Å². The molecule has 2 rings (SSSR count). The van der Waals surface area contributed by atoms with Crippen molar-refractivity contribution in [2.45, 2.75) is 31.6 Å². The molecule has 1 aromatic rings. The lowest BCUT2D eigenvalue weighted by Crippen LogP contribution is -2.12. The van der Waals surface area contributed by atoms with E-state index in [1.807, 2.05) is 31.4 Å². The molecule has 1 saturated carbocycles. The number of hydrogen-bond donors (Lipinski definition) is 0. The summed E-state index contributed by atoms with van der Waals surface area (Å²) in [7, 11) is 3.93. The zero-order valence-corrected chi connectivity index (χ0v) is 8.90. The van der Waals surface area contributed by atoms with Crippen molar-refractivity contribution >= 4 is 5.95 Å². The summed E-state index contributed by atoms with van der Waals surface area (Å²) in [5.41, 5.74) is 1.31. The van der Waals surface area contributed by atoms with Crippen LogP contribution in [0.2, 0.25) is 0 Å². The fourth-order valence-electron chi connectivity index (χ4n) is 2.03. The van der Waals surface area contributed by atoms with Crippen molar-refractivity contribution in [3.05, 3.63) is 18.0 Å². The van der Waals surface area contributed by atoms with Crippen LogP contribution >= 0.6 is 0 Å². The summed E-state index contributed by atoms with van der Waals surface area (Å²) in [4.78, 5) is 10.6. The molecule has 0 unspecified atom stereocenters. The van der Waals surface area contributed by atoms with Crippen molar-refractivity contribution in [1.29, 1.82) is 0 Å². The van der Waals surface area contributed by atoms with Gasteiger partial charge in [0.2, 0.25) is 5.95 Å². The Kier molecular flexibility index (Phi) is 2.66. The summed E-state index contributed by atoms with van der Waals surface area (Å²) in [5.74, 6) is 1.51. The Morgan fingerprint density at radius 3 is 2.21 bits per heavy atom. The molecule has 0 aliphatic heterocycles. The largest absolute Gasteiger partial charge is 0.347 e. The molecule has 1 aliphatic rings. The smallest absolute Gasteiger partial charge is 0.224 e. The molecule has 76 valence electrons. The number of rotatable bonds is 2. The van der Waals surface area contributed by atoms with Crippen molar-refractivity contribution in [3.63, 3.8) is 0 Å². The van der Waals surface area contributed by atoms with Crippen LogP contribution in [0.1, 0.15) is 37.2 Å². The first-order chi connectivity index (χ1) is 6.77. The topological polar surface area (TPSA) is 29.0 Å². The number of hydrogen-bond acceptors (Lipinski definition) is 3. The van der Waals surface area contributed by atoms with Gasteiger partial charge in [0.25, 0.3) is 0 Å². The SMILES string of the molecule is CN(C)c1ncc(C2CCCC2)cn1. The first-order valence-corrected chi connectivity index (χ1v) is 5.26. The molecule has 0 radical (unpaired) electrons. The second kappa shape index (κ2) is 3.95. The number of aromatic nitrogens is 2. The third-order valence-electron chi connectivity index (χ3n) is 2.88. The van der Waals surface area contributed by atoms with Gasteiger partial charge in [0, 0.05) is 26.5 Å². The van der Waals surface area contributed by atoms with Crippen LogP contribution in [0.4, 0.5) is 5.95 Å². The normalized spacial score (nSPS) is 17.3. The molecule has 1 fully saturated rings. The van der Waals surface area contributed by atoms with Gasteiger partial charge in [-0.1, -0.05) is 12.8 Å². The van der Waals surface area contributed by atoms with Gasteiger partial charge in [-0.15, -0.1) is 0 Å². The van der Waals surface area contributed by atoms with E-state index in [1.54, 1.807) is 0 Å². The number of anilines is 1. The summed E-state index contributed by atoms with van der Waals surface area (Å²) < 4.78 is 0. The molecule has 1 heterocycles. The van der Waals surface area contributed by atoms with Crippen LogP contribution in [0.25, 0.3) is 0 Å². The van der Waals surface area contributed by atoms with Crippen LogP contribution in [0.5, 0.6) is 0 Å². The highest BCUT2D eigenvalue weighted by molar-refractivity contribution is 5.27. The Morgan fingerprint density at radius 1 is 1.14 bits per heavy atom. The fraction of sp³-hybridized carbons (Fsp3) is 0.636. The Bertz CT molecular complexity index is 286. The van der Waals surface area contributed by atoms with E-state index in [0.717, 1.165) is 5.95 Å². The van der Waals surface area contributed by atoms with Crippen molar-refractivity contribution in [2.24, 2.45) is 0 Å². The third-order valence-corrected chi connectivity index (χ3v) is 2.88. The summed E-state index contributed by atoms with van der Waals surface area (Å²) in [6, 6.07) is 0. The van der Waals surface area contributed by atoms with E-state index in [1.165, 1.54) is 31.2 Å². The van der Waals surface area contributed by atoms with Crippen LogP contribution in [0.15, 0.2) is 12.4 Å². The first-order valence-electron chi connectivity index (χ1n) is 5.26. The highest BCUT2D eigenvalue weighted by atomic mass is 15.2. The summed E-state index contributed by atoms with van der Waals surface area (Å²) >= 11 is 0. The minimum atomic E-state index is 0.714. The van der Waals surface area contributed by atoms with E-state index in [0.29, 0.717) is 5.92 Å². The van der Waals surface area contributed by atoms with Crippen LogP contribution in [-0.2, 0) is 0 Å². The molecule has 0 spiro atoms. The summed E-state index contributed by atoms with van der Waals surface area (Å²) in [5, 5.41) is 0. The molecule has 1 aromatic heterocycles. The van der Waals surface area contributed by atoms with E-state index < -0.39 is 0 Å². The number of nitrogens with zero attached hydrogens (tertiary/aromatic N) is 3. The molecule has 0 bridgehead atoms. The van der Waals surface area contributed by atoms with Gasteiger partial charge < -0.3 is 4.90 Å². The fourth-order valence-corrected chi connectivity index (χ4v) is 2.03. The minimum Gasteiger partial charge on any atom is -0.347 e. The van der Waals surface area contributed by atoms with Gasteiger partial charge in [0.15, 0.2) is 0 Å². The summed E-state index contributed by atoms with van der Waals surface area (Å²) in [6.45, 7) is 0. The second-order valence-electron chi connectivity index (χ2n) is 4.19. The van der Waals surface area contributed by atoms with E-state index in [4.69, 9.17) is 0 Å². The molecular weight excluding hydrogens is 174 g/mol. The van der Waals surface area contributed by atoms with Gasteiger partial charge in [-0.05, 0) is 24.3 Å². The monoisotopic (exact) mass is 191 g/mol. The predicted octanol–water partition coefficient (Wildman–Crippen LogP) is 2.20. The van der Waals surface area contributed by atoms with Crippen LogP contribution in [-0.4, -0.2) is 24.1 Å². The summed E-state index contributed by atoms with van der Waals surface area (Å²) in [6.07, 6.45) is 9.31. The van der Waals surface area contributed by atoms with Crippen molar-refractivity contribution in [1.82, 2.24) is 9.97 Å². The van der Waals surface area contributed by atoms with Crippen LogP contribution in [0.3, 0.4) is 0 Å². The average molecular weight is 191 g/mol. The lowest BCUT2D eigenvalue weighted by molar-refractivity contribution is 0.713. The van der Waals surface area contributed by atoms with E-state index in [2.05, 4.69) is 9.97 Å². The average Bonchev–Trinajstić information content (AvgIpc) is 2.71. The predicted molar refractivity (Wildman–Crippen MR) is 57.6 cm³/mol. The first kappa shape index (κ1) is 9.44. The molecule has 0 saturated heterocycles. The van der Waals surface area contributed by atoms with E-state index >= 15 is 0 Å². The Morgan fingerprint density at radius 2 is 1.71 bits per heavy atom. The third kappa shape index (κ3) is 1.86. The van der Waals surface area contributed by atoms with E-state index in [9.17, 15) is 0 Å². The maximum absolute atomic E-state index is 4.34. The second-order valence-corrected chi connectivity index (χ2v) is 4.19. The molecule has 0 N–H and O–H groups in total. The molecule has 1 aliphatic carbocycles. The van der Waals surface area contributed by atoms with Crippen molar-refractivity contribution in [3.8, 4) is 0 Å². The van der Waals surface area contributed by atoms with Gasteiger partial charge in [0.1, 0.15) is 0 Å². The molecular formula is C11H17N3. The zero-order valence-electron chi connectivity index (χ0n) is 8.90. The molecule has 0 amide bonds. The van der Waals surface area contributed by atoms with Gasteiger partial charge in [0.05, 0.1) is 0 Å². The minimum absolute atomic E-state index is 0.714. The molecule has 3 heteroatoms. The standard InChI is InChI=1S/C11H17N3/c1-14(2)11-12-7-10(8-13-11)9-5-3-4-6-9/h7-9H,3-6H2,1-2H3. The zero-order chi connectivity index (χ0) is 9.97. The maximum atomic E-state index is 4.34. The van der Waals surface area contributed by atoms with E-state index in [-0.39, 0.29) is 0 Å². The highest BCUT2D eigenvalue weighted by Gasteiger charge is 2.17. The molecule has 0 aromatic carbocycles. The maximum Gasteiger partial charge on any atom is 0.224 e. The molecule has 14 heavy (non-hydrogen) atoms.